The number of benzene rings is 1. The molecule has 7 nitrogen and oxygen atoms in total. The van der Waals surface area contributed by atoms with E-state index < -0.39 is 5.60 Å². The number of carbonyl (C=O) groups is 1. The highest BCUT2D eigenvalue weighted by atomic mass is 16.7. The fourth-order valence-corrected chi connectivity index (χ4v) is 2.32. The van der Waals surface area contributed by atoms with Gasteiger partial charge in [-0.3, -0.25) is 9.78 Å². The molecular formula is C16H16N4O3. The summed E-state index contributed by atoms with van der Waals surface area (Å²) in [5.74, 6) is 0.616. The number of nitrogen functional groups attached to an aromatic ring is 1. The number of para-hydroxylation sites is 1. The number of anilines is 1. The molecule has 0 fully saturated rings. The Morgan fingerprint density at radius 1 is 1.17 bits per heavy atom. The van der Waals surface area contributed by atoms with Crippen molar-refractivity contribution in [2.45, 2.75) is 19.4 Å². The van der Waals surface area contributed by atoms with E-state index in [0.29, 0.717) is 28.4 Å². The zero-order valence-electron chi connectivity index (χ0n) is 13.0. The first-order valence-corrected chi connectivity index (χ1v) is 7.00. The average Bonchev–Trinajstić information content (AvgIpc) is 2.81. The van der Waals surface area contributed by atoms with Crippen LogP contribution in [0.5, 0.6) is 5.75 Å². The van der Waals surface area contributed by atoms with E-state index in [2.05, 4.69) is 15.1 Å². The van der Waals surface area contributed by atoms with Gasteiger partial charge in [0.15, 0.2) is 11.3 Å². The van der Waals surface area contributed by atoms with E-state index in [9.17, 15) is 4.79 Å². The molecule has 23 heavy (non-hydrogen) atoms. The number of aromatic nitrogens is 2. The third kappa shape index (κ3) is 2.50. The van der Waals surface area contributed by atoms with E-state index in [4.69, 9.17) is 15.3 Å². The molecule has 1 aliphatic heterocycles. The number of nitrogens with zero attached hydrogens (tertiary/aromatic N) is 3. The van der Waals surface area contributed by atoms with Crippen LogP contribution in [-0.4, -0.2) is 34.2 Å². The molecule has 0 bridgehead atoms. The number of rotatable bonds is 3. The van der Waals surface area contributed by atoms with Gasteiger partial charge in [-0.15, -0.1) is 0 Å². The molecule has 2 heterocycles. The Labute approximate surface area is 133 Å². The van der Waals surface area contributed by atoms with E-state index in [1.807, 2.05) is 6.07 Å². The molecule has 3 rings (SSSR count). The molecule has 0 amide bonds. The fourth-order valence-electron chi connectivity index (χ4n) is 2.32. The van der Waals surface area contributed by atoms with E-state index in [0.717, 1.165) is 0 Å². The average molecular weight is 312 g/mol. The van der Waals surface area contributed by atoms with Gasteiger partial charge in [0.2, 0.25) is 5.78 Å². The van der Waals surface area contributed by atoms with E-state index in [1.165, 1.54) is 13.3 Å². The second kappa shape index (κ2) is 5.35. The summed E-state index contributed by atoms with van der Waals surface area (Å²) in [6.45, 7) is 3.35. The number of ketones is 1. The first-order chi connectivity index (χ1) is 10.9. The Morgan fingerprint density at radius 2 is 1.91 bits per heavy atom. The molecule has 0 spiro atoms. The van der Waals surface area contributed by atoms with Gasteiger partial charge in [-0.05, 0) is 26.0 Å². The van der Waals surface area contributed by atoms with Crippen LogP contribution in [0.3, 0.4) is 0 Å². The Balaban J connectivity index is 2.12. The molecule has 118 valence electrons. The maximum Gasteiger partial charge on any atom is 0.231 e. The second-order valence-corrected chi connectivity index (χ2v) is 5.58. The topological polar surface area (TPSA) is 99.7 Å². The van der Waals surface area contributed by atoms with Gasteiger partial charge in [-0.25, -0.2) is 4.98 Å². The van der Waals surface area contributed by atoms with Crippen LogP contribution in [0.1, 0.15) is 19.4 Å². The lowest BCUT2D eigenvalue weighted by atomic mass is 9.94. The van der Waals surface area contributed by atoms with E-state index >= 15 is 0 Å². The lowest BCUT2D eigenvalue weighted by Crippen LogP contribution is -2.33. The molecule has 1 aromatic carbocycles. The zero-order valence-corrected chi connectivity index (χ0v) is 13.0. The van der Waals surface area contributed by atoms with Crippen LogP contribution < -0.4 is 10.5 Å². The molecule has 2 N–H and O–H groups in total. The molecule has 1 aromatic heterocycles. The lowest BCUT2D eigenvalue weighted by Gasteiger charge is -2.14. The molecule has 0 atom stereocenters. The molecule has 2 aromatic rings. The molecule has 1 aliphatic rings. The smallest absolute Gasteiger partial charge is 0.231 e. The van der Waals surface area contributed by atoms with Gasteiger partial charge in [0.1, 0.15) is 11.6 Å². The Bertz CT molecular complexity index is 797. The summed E-state index contributed by atoms with van der Waals surface area (Å²) in [6, 6.07) is 5.38. The largest absolute Gasteiger partial charge is 0.495 e. The number of carbonyl (C=O) groups excluding carboxylic acids is 1. The third-order valence-corrected chi connectivity index (χ3v) is 3.55. The van der Waals surface area contributed by atoms with Crippen LogP contribution in [0.25, 0.3) is 11.3 Å². The number of nitrogens with two attached hydrogens (primary N) is 1. The minimum atomic E-state index is -0.975. The predicted molar refractivity (Wildman–Crippen MR) is 85.1 cm³/mol. The van der Waals surface area contributed by atoms with Gasteiger partial charge >= 0.3 is 0 Å². The predicted octanol–water partition coefficient (Wildman–Crippen LogP) is 1.82. The highest BCUT2D eigenvalue weighted by Gasteiger charge is 2.41. The zero-order chi connectivity index (χ0) is 16.6. The summed E-state index contributed by atoms with van der Waals surface area (Å²) >= 11 is 0. The van der Waals surface area contributed by atoms with Crippen molar-refractivity contribution in [2.75, 3.05) is 12.8 Å². The van der Waals surface area contributed by atoms with Crippen molar-refractivity contribution in [3.05, 3.63) is 36.2 Å². The first kappa shape index (κ1) is 15.0. The minimum absolute atomic E-state index is 0.198. The van der Waals surface area contributed by atoms with Crippen molar-refractivity contribution >= 4 is 17.3 Å². The maximum absolute atomic E-state index is 12.4. The maximum atomic E-state index is 12.4. The van der Waals surface area contributed by atoms with Crippen LogP contribution in [-0.2, 0) is 9.63 Å². The Hall–Kier alpha value is -2.96. The summed E-state index contributed by atoms with van der Waals surface area (Å²) in [7, 11) is 1.53. The standard InChI is InChI=1S/C16H16N4O3/c1-16(2)15(21)13(20-23-16)10-6-4-5-9(14(10)22-3)11-7-19-12(17)8-18-11/h4-8H,1-3H3,(H2,17,19). The van der Waals surface area contributed by atoms with Crippen molar-refractivity contribution < 1.29 is 14.4 Å². The number of ether oxygens (including phenoxy) is 1. The SMILES string of the molecule is COc1c(C2=NOC(C)(C)C2=O)cccc1-c1cnc(N)cn1. The summed E-state index contributed by atoms with van der Waals surface area (Å²) in [6.07, 6.45) is 3.02. The van der Waals surface area contributed by atoms with Crippen LogP contribution >= 0.6 is 0 Å². The number of oxime groups is 1. The molecule has 0 radical (unpaired) electrons. The number of hydrogen-bond donors (Lipinski definition) is 1. The third-order valence-electron chi connectivity index (χ3n) is 3.55. The second-order valence-electron chi connectivity index (χ2n) is 5.58. The van der Waals surface area contributed by atoms with Crippen LogP contribution in [0.4, 0.5) is 5.82 Å². The van der Waals surface area contributed by atoms with Crippen LogP contribution in [0, 0.1) is 0 Å². The number of hydrogen-bond acceptors (Lipinski definition) is 7. The van der Waals surface area contributed by atoms with Gasteiger partial charge in [0.25, 0.3) is 0 Å². The normalized spacial score (nSPS) is 16.0. The first-order valence-electron chi connectivity index (χ1n) is 7.00. The fraction of sp³-hybridized carbons (Fsp3) is 0.250. The van der Waals surface area contributed by atoms with Crippen molar-refractivity contribution in [2.24, 2.45) is 5.16 Å². The molecule has 0 saturated heterocycles. The highest BCUT2D eigenvalue weighted by molar-refractivity contribution is 6.50. The van der Waals surface area contributed by atoms with E-state index in [-0.39, 0.29) is 11.5 Å². The molecule has 0 unspecified atom stereocenters. The van der Waals surface area contributed by atoms with Gasteiger partial charge in [-0.2, -0.15) is 0 Å². The number of Topliss-reactive ketones (excluding diaryl/α,β-unsaturated/α-hetero) is 1. The molecule has 7 heteroatoms. The van der Waals surface area contributed by atoms with Crippen molar-refractivity contribution in [1.82, 2.24) is 9.97 Å². The highest BCUT2D eigenvalue weighted by Crippen LogP contribution is 2.34. The monoisotopic (exact) mass is 312 g/mol. The number of methoxy groups -OCH3 is 1. The van der Waals surface area contributed by atoms with E-state index in [1.54, 1.807) is 32.2 Å². The molecule has 0 saturated carbocycles. The Morgan fingerprint density at radius 3 is 2.48 bits per heavy atom. The van der Waals surface area contributed by atoms with Crippen molar-refractivity contribution in [1.29, 1.82) is 0 Å². The summed E-state index contributed by atoms with van der Waals surface area (Å²) in [4.78, 5) is 25.9. The lowest BCUT2D eigenvalue weighted by molar-refractivity contribution is -0.128. The summed E-state index contributed by atoms with van der Waals surface area (Å²) in [5.41, 5.74) is 6.66. The summed E-state index contributed by atoms with van der Waals surface area (Å²) < 4.78 is 5.50. The van der Waals surface area contributed by atoms with Gasteiger partial charge in [0, 0.05) is 5.56 Å². The van der Waals surface area contributed by atoms with Crippen LogP contribution in [0.15, 0.2) is 35.7 Å². The molecular weight excluding hydrogens is 296 g/mol. The Kier molecular flexibility index (Phi) is 3.48. The van der Waals surface area contributed by atoms with Crippen molar-refractivity contribution in [3.63, 3.8) is 0 Å². The minimum Gasteiger partial charge on any atom is -0.495 e. The van der Waals surface area contributed by atoms with Gasteiger partial charge < -0.3 is 15.3 Å². The van der Waals surface area contributed by atoms with Crippen molar-refractivity contribution in [3.8, 4) is 17.0 Å². The van der Waals surface area contributed by atoms with Gasteiger partial charge in [-0.1, -0.05) is 11.2 Å². The quantitative estimate of drug-likeness (QED) is 0.928. The van der Waals surface area contributed by atoms with Gasteiger partial charge in [0.05, 0.1) is 30.8 Å². The molecule has 0 aliphatic carbocycles. The van der Waals surface area contributed by atoms with Crippen LogP contribution in [0.2, 0.25) is 0 Å². The summed E-state index contributed by atoms with van der Waals surface area (Å²) in [5, 5.41) is 3.93.